The van der Waals surface area contributed by atoms with Crippen LogP contribution in [0.25, 0.3) is 0 Å². The van der Waals surface area contributed by atoms with Gasteiger partial charge in [-0.3, -0.25) is 19.4 Å². The van der Waals surface area contributed by atoms with E-state index in [-0.39, 0.29) is 17.5 Å². The van der Waals surface area contributed by atoms with Crippen molar-refractivity contribution in [2.45, 2.75) is 84.1 Å². The summed E-state index contributed by atoms with van der Waals surface area (Å²) in [5.41, 5.74) is -1.84. The zero-order valence-corrected chi connectivity index (χ0v) is 25.1. The topological polar surface area (TPSA) is 157 Å². The lowest BCUT2D eigenvalue weighted by molar-refractivity contribution is -0.141. The minimum atomic E-state index is -4.55. The van der Waals surface area contributed by atoms with Crippen LogP contribution in [-0.2, 0) is 25.9 Å². The van der Waals surface area contributed by atoms with Gasteiger partial charge < -0.3 is 24.7 Å². The van der Waals surface area contributed by atoms with Crippen LogP contribution in [0.4, 0.5) is 18.0 Å². The summed E-state index contributed by atoms with van der Waals surface area (Å²) in [7, 11) is 1.19. The number of pyridine rings is 1. The van der Waals surface area contributed by atoms with Crippen molar-refractivity contribution in [3.05, 3.63) is 41.4 Å². The van der Waals surface area contributed by atoms with Gasteiger partial charge in [-0.05, 0) is 50.7 Å². The molecule has 0 bridgehead atoms. The number of hydrogen-bond donors (Lipinski definition) is 2. The van der Waals surface area contributed by atoms with E-state index in [0.717, 1.165) is 6.07 Å². The Morgan fingerprint density at radius 3 is 2.21 bits per heavy atom. The summed E-state index contributed by atoms with van der Waals surface area (Å²) < 4.78 is 49.2. The number of carbonyl (C=O) groups is 4. The number of aromatic nitrogens is 3. The number of likely N-dealkylation sites (tertiary alicyclic amines) is 1. The summed E-state index contributed by atoms with van der Waals surface area (Å²) in [6.07, 6.45) is -3.70. The van der Waals surface area contributed by atoms with Gasteiger partial charge in [0.2, 0.25) is 23.5 Å². The minimum Gasteiger partial charge on any atom is -0.453 e. The summed E-state index contributed by atoms with van der Waals surface area (Å²) in [6, 6.07) is -0.777. The number of methoxy groups -OCH3 is 1. The number of alkyl carbamates (subject to hydrolysis) is 1. The Hall–Kier alpha value is -4.04. The van der Waals surface area contributed by atoms with Crippen LogP contribution in [0.2, 0.25) is 0 Å². The second kappa shape index (κ2) is 13.1. The third kappa shape index (κ3) is 7.49. The highest BCUT2D eigenvalue weighted by Gasteiger charge is 2.41. The van der Waals surface area contributed by atoms with Gasteiger partial charge in [0, 0.05) is 12.7 Å². The molecule has 2 N–H and O–H groups in total. The van der Waals surface area contributed by atoms with Crippen molar-refractivity contribution in [2.75, 3.05) is 13.7 Å². The zero-order valence-electron chi connectivity index (χ0n) is 25.1. The fraction of sp³-hybridized carbons (Fsp3) is 0.607. The number of carbonyl (C=O) groups excluding carboxylic acids is 4. The molecule has 1 saturated heterocycles. The van der Waals surface area contributed by atoms with E-state index in [0.29, 0.717) is 25.6 Å². The Morgan fingerprint density at radius 2 is 1.67 bits per heavy atom. The average Bonchev–Trinajstić information content (AvgIpc) is 3.64. The molecular formula is C28H37F3N6O6. The SMILES string of the molecule is COC(=O)N[C@H](C(=O)N1CCC[C@H]1C(=O)N[C@@H](C(=O)c1nnc(C(C)(C)c2ccc(C(F)(F)F)cn2)o1)C(C)C)C(C)C. The Labute approximate surface area is 247 Å². The van der Waals surface area contributed by atoms with Gasteiger partial charge >= 0.3 is 12.3 Å². The highest BCUT2D eigenvalue weighted by molar-refractivity contribution is 6.00. The third-order valence-electron chi connectivity index (χ3n) is 7.38. The fourth-order valence-corrected chi connectivity index (χ4v) is 4.71. The number of ketones is 1. The van der Waals surface area contributed by atoms with E-state index < -0.39 is 70.8 Å². The van der Waals surface area contributed by atoms with Crippen molar-refractivity contribution >= 4 is 23.7 Å². The maximum absolute atomic E-state index is 13.4. The molecule has 2 aromatic heterocycles. The molecule has 15 heteroatoms. The van der Waals surface area contributed by atoms with Gasteiger partial charge in [0.15, 0.2) is 0 Å². The number of nitrogens with zero attached hydrogens (tertiary/aromatic N) is 4. The number of alkyl halides is 3. The molecule has 3 amide bonds. The van der Waals surface area contributed by atoms with Crippen molar-refractivity contribution in [1.82, 2.24) is 30.7 Å². The largest absolute Gasteiger partial charge is 0.453 e. The smallest absolute Gasteiger partial charge is 0.417 e. The van der Waals surface area contributed by atoms with E-state index in [1.807, 2.05) is 0 Å². The first-order valence-corrected chi connectivity index (χ1v) is 13.9. The molecule has 1 aliphatic heterocycles. The van der Waals surface area contributed by atoms with Crippen LogP contribution >= 0.6 is 0 Å². The summed E-state index contributed by atoms with van der Waals surface area (Å²) >= 11 is 0. The average molecular weight is 611 g/mol. The molecule has 0 saturated carbocycles. The lowest BCUT2D eigenvalue weighted by Gasteiger charge is -2.31. The van der Waals surface area contributed by atoms with Gasteiger partial charge in [-0.2, -0.15) is 13.2 Å². The van der Waals surface area contributed by atoms with E-state index in [2.05, 4.69) is 30.6 Å². The Balaban J connectivity index is 1.77. The number of Topliss-reactive ketones (excluding diaryl/α,β-unsaturated/α-hetero) is 1. The molecule has 0 aromatic carbocycles. The van der Waals surface area contributed by atoms with Crippen LogP contribution in [0.1, 0.15) is 82.2 Å². The van der Waals surface area contributed by atoms with Crippen molar-refractivity contribution < 1.29 is 41.5 Å². The first-order chi connectivity index (χ1) is 20.0. The summed E-state index contributed by atoms with van der Waals surface area (Å²) in [4.78, 5) is 57.3. The van der Waals surface area contributed by atoms with E-state index in [1.165, 1.54) is 18.1 Å². The maximum Gasteiger partial charge on any atom is 0.417 e. The molecule has 236 valence electrons. The van der Waals surface area contributed by atoms with E-state index in [9.17, 15) is 32.3 Å². The molecule has 2 aromatic rings. The predicted molar refractivity (Wildman–Crippen MR) is 146 cm³/mol. The molecule has 3 heterocycles. The molecule has 0 unspecified atom stereocenters. The molecule has 0 radical (unpaired) electrons. The molecule has 1 aliphatic rings. The minimum absolute atomic E-state index is 0.0534. The predicted octanol–water partition coefficient (Wildman–Crippen LogP) is 3.50. The fourth-order valence-electron chi connectivity index (χ4n) is 4.71. The number of halogens is 3. The standard InChI is InChI=1S/C28H37F3N6O6/c1-14(2)19(33-22(39)17-9-8-12-37(17)24(40)20(15(3)4)34-26(41)42-7)21(38)23-35-36-25(43-23)27(5,6)18-11-10-16(13-32-18)28(29,30)31/h10-11,13-15,17,19-20H,8-9,12H2,1-7H3,(H,33,39)(H,34,41)/t17-,19+,20-/m0/s1. The summed E-state index contributed by atoms with van der Waals surface area (Å²) in [5.74, 6) is -2.79. The molecule has 3 rings (SSSR count). The number of hydrogen-bond acceptors (Lipinski definition) is 9. The zero-order chi connectivity index (χ0) is 32.3. The van der Waals surface area contributed by atoms with E-state index in [4.69, 9.17) is 4.42 Å². The van der Waals surface area contributed by atoms with Crippen molar-refractivity contribution in [1.29, 1.82) is 0 Å². The van der Waals surface area contributed by atoms with Gasteiger partial charge in [-0.25, -0.2) is 4.79 Å². The highest BCUT2D eigenvalue weighted by Crippen LogP contribution is 2.33. The molecule has 1 fully saturated rings. The van der Waals surface area contributed by atoms with Gasteiger partial charge in [0.1, 0.15) is 12.1 Å². The molecule has 0 aliphatic carbocycles. The summed E-state index contributed by atoms with van der Waals surface area (Å²) in [6.45, 7) is 10.4. The van der Waals surface area contributed by atoms with Crippen LogP contribution in [0.3, 0.4) is 0 Å². The van der Waals surface area contributed by atoms with Gasteiger partial charge in [0.25, 0.3) is 5.89 Å². The Bertz CT molecular complexity index is 1320. The number of amides is 3. The lowest BCUT2D eigenvalue weighted by atomic mass is 9.88. The van der Waals surface area contributed by atoms with E-state index in [1.54, 1.807) is 41.5 Å². The van der Waals surface area contributed by atoms with Crippen molar-refractivity contribution in [3.8, 4) is 0 Å². The third-order valence-corrected chi connectivity index (χ3v) is 7.38. The monoisotopic (exact) mass is 610 g/mol. The van der Waals surface area contributed by atoms with Crippen LogP contribution in [-0.4, -0.2) is 75.6 Å². The lowest BCUT2D eigenvalue weighted by Crippen LogP contribution is -2.57. The van der Waals surface area contributed by atoms with Gasteiger partial charge in [0.05, 0.1) is 29.8 Å². The van der Waals surface area contributed by atoms with Crippen LogP contribution in [0.15, 0.2) is 22.7 Å². The first kappa shape index (κ1) is 33.5. The summed E-state index contributed by atoms with van der Waals surface area (Å²) in [5, 5.41) is 13.0. The van der Waals surface area contributed by atoms with Crippen LogP contribution < -0.4 is 10.6 Å². The maximum atomic E-state index is 13.4. The van der Waals surface area contributed by atoms with E-state index >= 15 is 0 Å². The molecular weight excluding hydrogens is 573 g/mol. The number of ether oxygens (including phenoxy) is 1. The normalized spacial score (nSPS) is 17.1. The van der Waals surface area contributed by atoms with Crippen molar-refractivity contribution in [3.63, 3.8) is 0 Å². The van der Waals surface area contributed by atoms with Crippen LogP contribution in [0.5, 0.6) is 0 Å². The van der Waals surface area contributed by atoms with Crippen LogP contribution in [0, 0.1) is 11.8 Å². The highest BCUT2D eigenvalue weighted by atomic mass is 19.4. The van der Waals surface area contributed by atoms with Gasteiger partial charge in [-0.15, -0.1) is 10.2 Å². The molecule has 12 nitrogen and oxygen atoms in total. The van der Waals surface area contributed by atoms with Crippen molar-refractivity contribution in [2.24, 2.45) is 11.8 Å². The molecule has 3 atom stereocenters. The van der Waals surface area contributed by atoms with Gasteiger partial charge in [-0.1, -0.05) is 27.7 Å². The first-order valence-electron chi connectivity index (χ1n) is 13.9. The quantitative estimate of drug-likeness (QED) is 0.384. The molecule has 0 spiro atoms. The molecule has 43 heavy (non-hydrogen) atoms. The second-order valence-electron chi connectivity index (χ2n) is 11.6. The Morgan fingerprint density at radius 1 is 1.02 bits per heavy atom. The number of nitrogens with one attached hydrogen (secondary N) is 2. The Kier molecular flexibility index (Phi) is 10.2. The number of rotatable bonds is 10. The second-order valence-corrected chi connectivity index (χ2v) is 11.6.